The number of anilines is 1. The van der Waals surface area contributed by atoms with Crippen molar-refractivity contribution in [2.75, 3.05) is 25.1 Å². The molecule has 4 rings (SSSR count). The number of nitrogens with two attached hydrogens (primary N) is 1. The first kappa shape index (κ1) is 22.9. The number of hydrogen-bond acceptors (Lipinski definition) is 7. The van der Waals surface area contributed by atoms with Crippen LogP contribution in [0.25, 0.3) is 0 Å². The molecule has 1 aliphatic carbocycles. The van der Waals surface area contributed by atoms with Crippen molar-refractivity contribution in [2.45, 2.75) is 18.1 Å². The van der Waals surface area contributed by atoms with E-state index in [1.54, 1.807) is 18.5 Å². The number of aliphatic carboxylic acids is 1. The van der Waals surface area contributed by atoms with Gasteiger partial charge in [0.2, 0.25) is 5.95 Å². The summed E-state index contributed by atoms with van der Waals surface area (Å²) in [6, 6.07) is 7.72. The summed E-state index contributed by atoms with van der Waals surface area (Å²) in [5.41, 5.74) is 7.09. The Bertz CT molecular complexity index is 999. The number of alkyl halides is 3. The van der Waals surface area contributed by atoms with E-state index in [1.807, 2.05) is 23.1 Å². The second-order valence-electron chi connectivity index (χ2n) is 7.27. The molecular weight excluding hydrogens is 485 g/mol. The van der Waals surface area contributed by atoms with Crippen LogP contribution in [-0.2, 0) is 26.3 Å². The Kier molecular flexibility index (Phi) is 5.98. The van der Waals surface area contributed by atoms with Gasteiger partial charge in [0.15, 0.2) is 0 Å². The minimum Gasteiger partial charge on any atom is -0.475 e. The zero-order chi connectivity index (χ0) is 23.0. The van der Waals surface area contributed by atoms with Crippen LogP contribution in [0, 0.1) is 5.41 Å². The fourth-order valence-electron chi connectivity index (χ4n) is 3.99. The van der Waals surface area contributed by atoms with Gasteiger partial charge in [-0.1, -0.05) is 22.0 Å². The number of ether oxygens (including phenoxy) is 1. The maximum Gasteiger partial charge on any atom is 0.490 e. The number of carbonyl (C=O) groups is 2. The number of aromatic nitrogens is 2. The molecule has 1 spiro atoms. The van der Waals surface area contributed by atoms with Crippen LogP contribution in [0.15, 0.2) is 41.1 Å². The summed E-state index contributed by atoms with van der Waals surface area (Å²) in [7, 11) is 1.39. The largest absolute Gasteiger partial charge is 0.490 e. The molecule has 1 aliphatic heterocycles. The lowest BCUT2D eigenvalue weighted by molar-refractivity contribution is -0.192. The van der Waals surface area contributed by atoms with Crippen LogP contribution in [0.3, 0.4) is 0 Å². The van der Waals surface area contributed by atoms with Gasteiger partial charge in [-0.05, 0) is 35.7 Å². The number of fused-ring (bicyclic) bond motifs is 1. The third-order valence-corrected chi connectivity index (χ3v) is 5.93. The molecule has 1 aromatic carbocycles. The van der Waals surface area contributed by atoms with Gasteiger partial charge in [-0.2, -0.15) is 13.2 Å². The second-order valence-corrected chi connectivity index (χ2v) is 8.18. The van der Waals surface area contributed by atoms with Gasteiger partial charge in [-0.25, -0.2) is 19.6 Å². The predicted octanol–water partition coefficient (Wildman–Crippen LogP) is 2.26. The number of hydrogen-bond donors (Lipinski definition) is 2. The van der Waals surface area contributed by atoms with E-state index in [9.17, 15) is 18.0 Å². The lowest BCUT2D eigenvalue weighted by atomic mass is 9.65. The Balaban J connectivity index is 0.000000339. The number of rotatable bonds is 2. The summed E-state index contributed by atoms with van der Waals surface area (Å²) in [5.74, 6) is -2.49. The molecule has 2 aliphatic rings. The van der Waals surface area contributed by atoms with Gasteiger partial charge >= 0.3 is 18.1 Å². The molecule has 0 radical (unpaired) electrons. The van der Waals surface area contributed by atoms with Crippen molar-refractivity contribution in [3.8, 4) is 0 Å². The Morgan fingerprint density at radius 1 is 1.26 bits per heavy atom. The number of halogens is 4. The summed E-state index contributed by atoms with van der Waals surface area (Å²) >= 11 is 3.48. The molecule has 1 unspecified atom stereocenters. The first-order chi connectivity index (χ1) is 14.4. The quantitative estimate of drug-likeness (QED) is 0.600. The molecule has 1 aromatic heterocycles. The van der Waals surface area contributed by atoms with Crippen LogP contribution in [0.4, 0.5) is 19.1 Å². The van der Waals surface area contributed by atoms with Crippen LogP contribution < -0.4 is 10.6 Å². The Morgan fingerprint density at radius 3 is 2.35 bits per heavy atom. The van der Waals surface area contributed by atoms with E-state index in [2.05, 4.69) is 25.9 Å². The monoisotopic (exact) mass is 502 g/mol. The number of carbonyl (C=O) groups excluding carboxylic acids is 1. The van der Waals surface area contributed by atoms with Gasteiger partial charge in [-0.15, -0.1) is 0 Å². The zero-order valence-corrected chi connectivity index (χ0v) is 17.8. The van der Waals surface area contributed by atoms with Gasteiger partial charge in [0.05, 0.1) is 7.11 Å². The second kappa shape index (κ2) is 8.08. The average Bonchev–Trinajstić information content (AvgIpc) is 2.96. The molecule has 0 amide bonds. The van der Waals surface area contributed by atoms with E-state index in [4.69, 9.17) is 20.4 Å². The van der Waals surface area contributed by atoms with E-state index in [0.29, 0.717) is 19.0 Å². The summed E-state index contributed by atoms with van der Waals surface area (Å²) in [5, 5.41) is 7.12. The molecular formula is C19H18BrF3N4O4. The summed E-state index contributed by atoms with van der Waals surface area (Å²) in [6.45, 7) is 1.24. The highest BCUT2D eigenvalue weighted by molar-refractivity contribution is 9.10. The molecule has 3 N–H and O–H groups in total. The Labute approximate surface area is 183 Å². The van der Waals surface area contributed by atoms with Gasteiger partial charge in [0.1, 0.15) is 5.54 Å². The smallest absolute Gasteiger partial charge is 0.475 e. The molecule has 12 heteroatoms. The minimum absolute atomic E-state index is 0.395. The van der Waals surface area contributed by atoms with Crippen LogP contribution in [0.1, 0.15) is 11.1 Å². The third-order valence-electron chi connectivity index (χ3n) is 5.43. The van der Waals surface area contributed by atoms with Gasteiger partial charge in [0, 0.05) is 35.4 Å². The van der Waals surface area contributed by atoms with Gasteiger partial charge < -0.3 is 20.5 Å². The highest BCUT2D eigenvalue weighted by atomic mass is 79.9. The average molecular weight is 503 g/mol. The van der Waals surface area contributed by atoms with Crippen molar-refractivity contribution in [3.63, 3.8) is 0 Å². The van der Waals surface area contributed by atoms with Gasteiger partial charge in [0.25, 0.3) is 0 Å². The normalized spacial score (nSPS) is 20.9. The molecule has 166 valence electrons. The van der Waals surface area contributed by atoms with Crippen LogP contribution in [0.5, 0.6) is 0 Å². The maximum atomic E-state index is 12.6. The van der Waals surface area contributed by atoms with E-state index in [0.717, 1.165) is 22.0 Å². The first-order valence-electron chi connectivity index (χ1n) is 8.93. The summed E-state index contributed by atoms with van der Waals surface area (Å²) in [6.07, 6.45) is -0.918. The zero-order valence-electron chi connectivity index (χ0n) is 16.2. The molecule has 0 bridgehead atoms. The van der Waals surface area contributed by atoms with Crippen molar-refractivity contribution in [3.05, 3.63) is 52.3 Å². The van der Waals surface area contributed by atoms with Crippen molar-refractivity contribution in [1.82, 2.24) is 9.97 Å². The first-order valence-corrected chi connectivity index (χ1v) is 9.72. The van der Waals surface area contributed by atoms with E-state index in [1.165, 1.54) is 7.11 Å². The number of carboxylic acids is 1. The lowest BCUT2D eigenvalue weighted by Crippen LogP contribution is -2.71. The lowest BCUT2D eigenvalue weighted by Gasteiger charge is -2.54. The van der Waals surface area contributed by atoms with Crippen molar-refractivity contribution >= 4 is 33.8 Å². The molecule has 1 saturated heterocycles. The number of nitrogens with zero attached hydrogens (tertiary/aromatic N) is 3. The highest BCUT2D eigenvalue weighted by Crippen LogP contribution is 2.55. The molecule has 31 heavy (non-hydrogen) atoms. The van der Waals surface area contributed by atoms with Crippen molar-refractivity contribution in [1.29, 1.82) is 0 Å². The summed E-state index contributed by atoms with van der Waals surface area (Å²) in [4.78, 5) is 32.2. The number of esters is 1. The topological polar surface area (TPSA) is 119 Å². The highest BCUT2D eigenvalue weighted by Gasteiger charge is 2.66. The van der Waals surface area contributed by atoms with Crippen LogP contribution in [-0.4, -0.2) is 53.4 Å². The molecule has 8 nitrogen and oxygen atoms in total. The molecule has 2 heterocycles. The predicted molar refractivity (Wildman–Crippen MR) is 106 cm³/mol. The van der Waals surface area contributed by atoms with Crippen LogP contribution >= 0.6 is 15.9 Å². The maximum absolute atomic E-state index is 12.6. The molecule has 2 aromatic rings. The van der Waals surface area contributed by atoms with Crippen molar-refractivity contribution in [2.24, 2.45) is 11.1 Å². The fraction of sp³-hybridized carbons (Fsp3) is 0.368. The molecule has 0 saturated carbocycles. The SMILES string of the molecule is COC(=O)C1(N)c2cc(Br)ccc2CC12CN(c1ncccn1)C2.O=C(O)C(F)(F)F. The van der Waals surface area contributed by atoms with Crippen molar-refractivity contribution < 1.29 is 32.6 Å². The van der Waals surface area contributed by atoms with Gasteiger partial charge in [-0.3, -0.25) is 0 Å². The van der Waals surface area contributed by atoms with E-state index >= 15 is 0 Å². The number of benzene rings is 1. The number of methoxy groups -OCH3 is 1. The number of carboxylic acid groups (broad SMARTS) is 1. The third kappa shape index (κ3) is 3.97. The minimum atomic E-state index is -5.08. The standard InChI is InChI=1S/C17H17BrN4O2.C2HF3O2/c1-24-14(23)17(19)13-7-12(18)4-3-11(13)8-16(17)9-22(10-16)15-20-5-2-6-21-15;3-2(4,5)1(6)7/h2-7H,8-10,19H2,1H3;(H,6,7). The van der Waals surface area contributed by atoms with E-state index in [-0.39, 0.29) is 0 Å². The molecule has 1 atom stereocenters. The fourth-order valence-corrected chi connectivity index (χ4v) is 4.35. The van der Waals surface area contributed by atoms with Crippen LogP contribution in [0.2, 0.25) is 0 Å². The Hall–Kier alpha value is -2.73. The molecule has 1 fully saturated rings. The Morgan fingerprint density at radius 2 is 1.84 bits per heavy atom. The van der Waals surface area contributed by atoms with E-state index < -0.39 is 29.1 Å². The summed E-state index contributed by atoms with van der Waals surface area (Å²) < 4.78 is 37.7.